The average Bonchev–Trinajstić information content (AvgIpc) is 2.32. The van der Waals surface area contributed by atoms with Gasteiger partial charge < -0.3 is 0 Å². The Labute approximate surface area is 108 Å². The maximum Gasteiger partial charge on any atom is 0.187 e. The van der Waals surface area contributed by atoms with Gasteiger partial charge in [-0.15, -0.1) is 0 Å². The number of aromatic nitrogens is 2. The van der Waals surface area contributed by atoms with Gasteiger partial charge in [-0.2, -0.15) is 12.6 Å². The van der Waals surface area contributed by atoms with Crippen LogP contribution in [0.3, 0.4) is 0 Å². The second-order valence-electron chi connectivity index (χ2n) is 4.13. The average molecular weight is 256 g/mol. The van der Waals surface area contributed by atoms with Gasteiger partial charge in [-0.25, -0.2) is 9.97 Å². The molecule has 0 unspecified atom stereocenters. The molecule has 4 heteroatoms. The summed E-state index contributed by atoms with van der Waals surface area (Å²) in [5, 5.41) is 0.882. The van der Waals surface area contributed by atoms with Crippen molar-refractivity contribution in [1.29, 1.82) is 0 Å². The summed E-state index contributed by atoms with van der Waals surface area (Å²) in [6, 6.07) is 1.93. The lowest BCUT2D eigenvalue weighted by Gasteiger charge is -2.28. The van der Waals surface area contributed by atoms with E-state index in [4.69, 9.17) is 0 Å². The van der Waals surface area contributed by atoms with Gasteiger partial charge in [0.1, 0.15) is 0 Å². The molecule has 0 spiro atoms. The van der Waals surface area contributed by atoms with Crippen LogP contribution >= 0.6 is 24.4 Å². The first-order chi connectivity index (χ1) is 7.65. The monoisotopic (exact) mass is 256 g/mol. The van der Waals surface area contributed by atoms with E-state index < -0.39 is 0 Å². The normalized spacial score (nSPS) is 11.8. The minimum absolute atomic E-state index is 0.320. The van der Waals surface area contributed by atoms with Crippen LogP contribution in [0.25, 0.3) is 0 Å². The zero-order chi connectivity index (χ0) is 12.0. The van der Waals surface area contributed by atoms with Crippen LogP contribution in [0.1, 0.15) is 32.4 Å². The Morgan fingerprint density at radius 3 is 2.56 bits per heavy atom. The molecule has 0 radical (unpaired) electrons. The zero-order valence-corrected chi connectivity index (χ0v) is 11.9. The van der Waals surface area contributed by atoms with E-state index in [9.17, 15) is 0 Å². The van der Waals surface area contributed by atoms with Crippen LogP contribution in [0.2, 0.25) is 0 Å². The fraction of sp³-hybridized carbons (Fsp3) is 0.667. The molecule has 90 valence electrons. The van der Waals surface area contributed by atoms with Crippen LogP contribution in [0.15, 0.2) is 17.4 Å². The summed E-state index contributed by atoms with van der Waals surface area (Å²) in [6.07, 6.45) is 4.14. The second kappa shape index (κ2) is 6.50. The largest absolute Gasteiger partial charge is 0.231 e. The fourth-order valence-electron chi connectivity index (χ4n) is 1.44. The first kappa shape index (κ1) is 13.8. The molecule has 0 aliphatic heterocycles. The van der Waals surface area contributed by atoms with Crippen molar-refractivity contribution >= 4 is 24.4 Å². The van der Waals surface area contributed by atoms with Crippen molar-refractivity contribution in [3.05, 3.63) is 18.0 Å². The standard InChI is InChI=1S/C12H20N2S2/c1-4-12(5-2,8-15)9-16-11-13-7-6-10(3)14-11/h6-7,15H,4-5,8-9H2,1-3H3. The van der Waals surface area contributed by atoms with Crippen molar-refractivity contribution in [2.45, 2.75) is 38.8 Å². The fourth-order valence-corrected chi connectivity index (χ4v) is 3.44. The Kier molecular flexibility index (Phi) is 5.62. The molecule has 0 amide bonds. The van der Waals surface area contributed by atoms with Gasteiger partial charge in [0.15, 0.2) is 5.16 Å². The Hall–Kier alpha value is -0.220. The summed E-state index contributed by atoms with van der Waals surface area (Å²) in [6.45, 7) is 6.46. The smallest absolute Gasteiger partial charge is 0.187 e. The number of nitrogens with zero attached hydrogens (tertiary/aromatic N) is 2. The molecule has 0 fully saturated rings. The Morgan fingerprint density at radius 2 is 2.06 bits per heavy atom. The quantitative estimate of drug-likeness (QED) is 0.478. The van der Waals surface area contributed by atoms with Crippen molar-refractivity contribution in [2.24, 2.45) is 5.41 Å². The zero-order valence-electron chi connectivity index (χ0n) is 10.2. The van der Waals surface area contributed by atoms with Gasteiger partial charge in [-0.3, -0.25) is 0 Å². The predicted octanol–water partition coefficient (Wildman–Crippen LogP) is 3.61. The highest BCUT2D eigenvalue weighted by Gasteiger charge is 2.24. The maximum atomic E-state index is 4.47. The van der Waals surface area contributed by atoms with E-state index >= 15 is 0 Å². The van der Waals surface area contributed by atoms with Gasteiger partial charge in [-0.05, 0) is 37.0 Å². The van der Waals surface area contributed by atoms with Crippen LogP contribution in [-0.2, 0) is 0 Å². The van der Waals surface area contributed by atoms with Crippen molar-refractivity contribution in [2.75, 3.05) is 11.5 Å². The van der Waals surface area contributed by atoms with Gasteiger partial charge in [0, 0.05) is 17.6 Å². The van der Waals surface area contributed by atoms with Crippen molar-refractivity contribution in [1.82, 2.24) is 9.97 Å². The van der Waals surface area contributed by atoms with E-state index in [0.717, 1.165) is 35.2 Å². The molecule has 16 heavy (non-hydrogen) atoms. The maximum absolute atomic E-state index is 4.47. The van der Waals surface area contributed by atoms with E-state index in [1.54, 1.807) is 11.8 Å². The SMILES string of the molecule is CCC(CC)(CS)CSc1nccc(C)n1. The summed E-state index contributed by atoms with van der Waals surface area (Å²) in [5.41, 5.74) is 1.35. The molecule has 1 rings (SSSR count). The highest BCUT2D eigenvalue weighted by Crippen LogP contribution is 2.33. The molecule has 0 atom stereocenters. The Balaban J connectivity index is 2.62. The number of thiol groups is 1. The summed E-state index contributed by atoms with van der Waals surface area (Å²) in [4.78, 5) is 8.68. The van der Waals surface area contributed by atoms with E-state index in [1.807, 2.05) is 19.2 Å². The summed E-state index contributed by atoms with van der Waals surface area (Å²) >= 11 is 6.22. The second-order valence-corrected chi connectivity index (χ2v) is 5.39. The molecule has 0 aliphatic carbocycles. The van der Waals surface area contributed by atoms with Crippen molar-refractivity contribution < 1.29 is 0 Å². The van der Waals surface area contributed by atoms with Gasteiger partial charge in [0.25, 0.3) is 0 Å². The first-order valence-electron chi connectivity index (χ1n) is 5.69. The third-order valence-corrected chi connectivity index (χ3v) is 5.00. The van der Waals surface area contributed by atoms with Crippen LogP contribution in [0, 0.1) is 12.3 Å². The van der Waals surface area contributed by atoms with E-state index in [-0.39, 0.29) is 0 Å². The molecule has 0 N–H and O–H groups in total. The molecular weight excluding hydrogens is 236 g/mol. The highest BCUT2D eigenvalue weighted by atomic mass is 32.2. The number of rotatable bonds is 6. The van der Waals surface area contributed by atoms with Crippen LogP contribution in [0.4, 0.5) is 0 Å². The predicted molar refractivity (Wildman–Crippen MR) is 74.4 cm³/mol. The summed E-state index contributed by atoms with van der Waals surface area (Å²) < 4.78 is 0. The summed E-state index contributed by atoms with van der Waals surface area (Å²) in [7, 11) is 0. The molecule has 0 aromatic carbocycles. The number of hydrogen-bond acceptors (Lipinski definition) is 4. The minimum atomic E-state index is 0.320. The third kappa shape index (κ3) is 3.67. The molecule has 0 saturated heterocycles. The molecule has 0 bridgehead atoms. The first-order valence-corrected chi connectivity index (χ1v) is 7.31. The molecule has 0 aliphatic rings. The lowest BCUT2D eigenvalue weighted by Crippen LogP contribution is -2.24. The Morgan fingerprint density at radius 1 is 1.38 bits per heavy atom. The van der Waals surface area contributed by atoms with Gasteiger partial charge >= 0.3 is 0 Å². The van der Waals surface area contributed by atoms with Gasteiger partial charge in [0.05, 0.1) is 0 Å². The minimum Gasteiger partial charge on any atom is -0.231 e. The molecular formula is C12H20N2S2. The van der Waals surface area contributed by atoms with Crippen molar-refractivity contribution in [3.8, 4) is 0 Å². The van der Waals surface area contributed by atoms with E-state index in [0.29, 0.717) is 5.41 Å². The molecule has 2 nitrogen and oxygen atoms in total. The van der Waals surface area contributed by atoms with Gasteiger partial charge in [0.2, 0.25) is 0 Å². The lowest BCUT2D eigenvalue weighted by atomic mass is 9.87. The Bertz CT molecular complexity index is 316. The number of thioether (sulfide) groups is 1. The lowest BCUT2D eigenvalue weighted by molar-refractivity contribution is 0.357. The van der Waals surface area contributed by atoms with E-state index in [2.05, 4.69) is 36.4 Å². The van der Waals surface area contributed by atoms with Gasteiger partial charge in [-0.1, -0.05) is 25.6 Å². The molecule has 1 aromatic rings. The molecule has 1 aromatic heterocycles. The van der Waals surface area contributed by atoms with Crippen LogP contribution < -0.4 is 0 Å². The number of hydrogen-bond donors (Lipinski definition) is 1. The third-order valence-electron chi connectivity index (χ3n) is 3.12. The molecule has 1 heterocycles. The topological polar surface area (TPSA) is 25.8 Å². The van der Waals surface area contributed by atoms with Crippen molar-refractivity contribution in [3.63, 3.8) is 0 Å². The number of aryl methyl sites for hydroxylation is 1. The summed E-state index contributed by atoms with van der Waals surface area (Å²) in [5.74, 6) is 1.98. The van der Waals surface area contributed by atoms with E-state index in [1.165, 1.54) is 0 Å². The van der Waals surface area contributed by atoms with Crippen LogP contribution in [0.5, 0.6) is 0 Å². The van der Waals surface area contributed by atoms with Crippen LogP contribution in [-0.4, -0.2) is 21.5 Å². The highest BCUT2D eigenvalue weighted by molar-refractivity contribution is 7.99. The molecule has 0 saturated carbocycles.